The van der Waals surface area contributed by atoms with Crippen molar-refractivity contribution in [2.24, 2.45) is 0 Å². The highest BCUT2D eigenvalue weighted by atomic mass is 31.3. The summed E-state index contributed by atoms with van der Waals surface area (Å²) in [5, 5.41) is 18.8. The molecule has 0 bridgehead atoms. The number of phosphoric acid groups is 3. The molecule has 1 saturated heterocycles. The van der Waals surface area contributed by atoms with Crippen LogP contribution in [0.4, 0.5) is 16.3 Å². The summed E-state index contributed by atoms with van der Waals surface area (Å²) in [5.74, 6) is 1.23. The first-order valence-electron chi connectivity index (χ1n) is 26.3. The van der Waals surface area contributed by atoms with E-state index in [-0.39, 0.29) is 54.9 Å². The number of nitrogens with two attached hydrogens (primary N) is 1. The molecule has 9 N–H and O–H groups in total. The largest absolute Gasteiger partial charge is 0.490 e. The quantitative estimate of drug-likeness (QED) is 0.0347. The maximum absolute atomic E-state index is 14.7. The number of phosphoric ester groups is 1. The van der Waals surface area contributed by atoms with Crippen LogP contribution < -0.4 is 41.2 Å². The van der Waals surface area contributed by atoms with Gasteiger partial charge in [-0.25, -0.2) is 38.0 Å². The van der Waals surface area contributed by atoms with Crippen LogP contribution in [-0.2, 0) is 66.8 Å². The maximum atomic E-state index is 14.7. The SMILES string of the molecule is CN(CCCC(=O)NCCNC(=O)O[C@@H]1[C@H](O)[C@@H](COP(=O)(O)OP(=O)(O)OP(=O)(O)O)O[C@H]1n1cnc2c(N)ncnc21)C(=O)c1ccccc1C1=c2cc3c4c(c2Oc2c1cc1c5c2CCCN5CCC1)CCC[N+]=4CCC3. The fourth-order valence-electron chi connectivity index (χ4n) is 11.8. The number of anilines is 2. The zero-order valence-corrected chi connectivity index (χ0v) is 46.0. The van der Waals surface area contributed by atoms with E-state index in [0.29, 0.717) is 12.0 Å². The van der Waals surface area contributed by atoms with Gasteiger partial charge in [-0.15, -0.1) is 0 Å². The molecular formula is C50H60N10O17P3+. The first-order chi connectivity index (χ1) is 38.2. The molecule has 27 nitrogen and oxygen atoms in total. The van der Waals surface area contributed by atoms with Crippen molar-refractivity contribution in [1.29, 1.82) is 0 Å². The number of hydrogen-bond donors (Lipinski definition) is 8. The summed E-state index contributed by atoms with van der Waals surface area (Å²) >= 11 is 0. The topological polar surface area (TPSA) is 362 Å². The van der Waals surface area contributed by atoms with Crippen LogP contribution in [-0.4, -0.2) is 145 Å². The van der Waals surface area contributed by atoms with E-state index in [9.17, 15) is 43.0 Å². The van der Waals surface area contributed by atoms with E-state index in [0.717, 1.165) is 117 Å². The minimum Gasteiger partial charge on any atom is -0.455 e. The fourth-order valence-corrected chi connectivity index (χ4v) is 14.9. The summed E-state index contributed by atoms with van der Waals surface area (Å²) in [4.78, 5) is 94.5. The number of benzene rings is 3. The fraction of sp³-hybridized carbons (Fsp3) is 0.460. The Labute approximate surface area is 456 Å². The number of nitrogen functional groups attached to an aromatic ring is 1. The van der Waals surface area contributed by atoms with Gasteiger partial charge in [-0.3, -0.25) is 18.7 Å². The van der Waals surface area contributed by atoms with Gasteiger partial charge in [0, 0.05) is 97.8 Å². The smallest absolute Gasteiger partial charge is 0.455 e. The van der Waals surface area contributed by atoms with Crippen LogP contribution in [0.3, 0.4) is 0 Å². The Kier molecular flexibility index (Phi) is 15.5. The Morgan fingerprint density at radius 3 is 2.41 bits per heavy atom. The van der Waals surface area contributed by atoms with Gasteiger partial charge < -0.3 is 65.1 Å². The number of rotatable bonds is 18. The van der Waals surface area contributed by atoms with E-state index >= 15 is 0 Å². The highest BCUT2D eigenvalue weighted by Crippen LogP contribution is 2.66. The van der Waals surface area contributed by atoms with Crippen LogP contribution in [0.25, 0.3) is 16.7 Å². The third kappa shape index (κ3) is 11.3. The minimum absolute atomic E-state index is 0.0327. The molecule has 0 aliphatic carbocycles. The Balaban J connectivity index is 0.731. The van der Waals surface area contributed by atoms with E-state index in [4.69, 9.17) is 29.7 Å². The van der Waals surface area contributed by atoms with Crippen molar-refractivity contribution in [3.05, 3.63) is 98.6 Å². The first kappa shape index (κ1) is 55.7. The van der Waals surface area contributed by atoms with E-state index in [1.54, 1.807) is 11.9 Å². The average Bonchev–Trinajstić information content (AvgIpc) is 2.29. The number of aliphatic hydroxyl groups is 1. The van der Waals surface area contributed by atoms with E-state index < -0.39 is 60.7 Å². The number of aliphatic hydroxyl groups excluding tert-OH is 1. The molecule has 3 amide bonds. The predicted molar refractivity (Wildman–Crippen MR) is 284 cm³/mol. The third-order valence-electron chi connectivity index (χ3n) is 15.1. The molecule has 0 radical (unpaired) electrons. The number of imidazole rings is 1. The number of nitrogens with one attached hydrogen (secondary N) is 2. The van der Waals surface area contributed by atoms with Gasteiger partial charge >= 0.3 is 29.6 Å². The van der Waals surface area contributed by atoms with Crippen LogP contribution >= 0.6 is 23.5 Å². The average molecular weight is 1170 g/mol. The van der Waals surface area contributed by atoms with Crippen LogP contribution in [0.2, 0.25) is 0 Å². The summed E-state index contributed by atoms with van der Waals surface area (Å²) in [6.45, 7) is 3.10. The van der Waals surface area contributed by atoms with Crippen LogP contribution in [0.1, 0.15) is 88.5 Å². The molecule has 80 heavy (non-hydrogen) atoms. The van der Waals surface area contributed by atoms with Crippen LogP contribution in [0.5, 0.6) is 11.5 Å². The van der Waals surface area contributed by atoms with Gasteiger partial charge in [-0.05, 0) is 74.3 Å². The second kappa shape index (κ2) is 22.3. The Morgan fingerprint density at radius 1 is 0.875 bits per heavy atom. The highest BCUT2D eigenvalue weighted by Gasteiger charge is 2.50. The second-order valence-electron chi connectivity index (χ2n) is 20.4. The Bertz CT molecular complexity index is 3610. The first-order valence-corrected chi connectivity index (χ1v) is 30.8. The number of aryl methyl sites for hydroxylation is 2. The van der Waals surface area contributed by atoms with Gasteiger partial charge in [0.15, 0.2) is 23.8 Å². The van der Waals surface area contributed by atoms with Crippen LogP contribution in [0.15, 0.2) is 49.1 Å². The second-order valence-corrected chi connectivity index (χ2v) is 24.8. The van der Waals surface area contributed by atoms with Crippen molar-refractivity contribution in [2.75, 3.05) is 70.1 Å². The molecule has 11 rings (SSSR count). The number of carbonyl (C=O) groups is 3. The number of alkyl carbamates (subject to hydrolysis) is 1. The van der Waals surface area contributed by atoms with Gasteiger partial charge in [0.25, 0.3) is 5.91 Å². The number of carbonyl (C=O) groups excluding carboxylic acids is 3. The standard InChI is InChI=1S/C50H59N10O17P3/c1-57(48(63)31-12-3-2-11-30(31)38-34-23-28-9-4-19-58-21-6-13-32(40(28)58)43(34)74-44-33-14-7-22-59-20-5-10-29(41(33)59)24-35(38)44)18-8-15-37(61)52-16-17-53-50(64)75-45-42(62)36(25-72-79(68,69)77-80(70,71)76-78(65,66)67)73-49(45)60-27-56-39-46(51)54-26-55-47(39)60/h2-3,11-12,23-24,26-27,36,42,45,49,62H,4-10,13-22,25H2,1H3,(H7-,51,52,53,54,55,61,64,65,66,67,68,69,70,71)/p+1/t36-,42-,45-,49-/m1/s1. The molecule has 3 aromatic carbocycles. The molecule has 5 aromatic rings. The van der Waals surface area contributed by atoms with Crippen molar-refractivity contribution in [3.8, 4) is 11.5 Å². The lowest BCUT2D eigenvalue weighted by Crippen LogP contribution is -2.45. The lowest BCUT2D eigenvalue weighted by molar-refractivity contribution is -0.121. The molecule has 1 fully saturated rings. The van der Waals surface area contributed by atoms with Crippen molar-refractivity contribution in [3.63, 3.8) is 0 Å². The highest BCUT2D eigenvalue weighted by molar-refractivity contribution is 7.66. The van der Waals surface area contributed by atoms with Crippen molar-refractivity contribution in [2.45, 2.75) is 88.7 Å². The van der Waals surface area contributed by atoms with E-state index in [1.807, 2.05) is 24.3 Å². The monoisotopic (exact) mass is 1170 g/mol. The normalized spacial score (nSPS) is 21.5. The molecule has 6 aliphatic heterocycles. The number of aromatic nitrogens is 4. The lowest BCUT2D eigenvalue weighted by Gasteiger charge is -2.39. The van der Waals surface area contributed by atoms with Gasteiger partial charge in [0.2, 0.25) is 11.3 Å². The number of amides is 3. The van der Waals surface area contributed by atoms with Gasteiger partial charge in [-0.2, -0.15) is 8.62 Å². The molecule has 0 spiro atoms. The molecule has 0 saturated carbocycles. The molecule has 2 aromatic heterocycles. The summed E-state index contributed by atoms with van der Waals surface area (Å²) in [6.07, 6.45) is 3.00. The van der Waals surface area contributed by atoms with Gasteiger partial charge in [0.05, 0.1) is 18.5 Å². The summed E-state index contributed by atoms with van der Waals surface area (Å²) in [5.41, 5.74) is 16.0. The maximum Gasteiger partial charge on any atom is 0.490 e. The Hall–Kier alpha value is -6.18. The summed E-state index contributed by atoms with van der Waals surface area (Å²) in [6, 6.07) is 12.4. The predicted octanol–water partition coefficient (Wildman–Crippen LogP) is 2.21. The molecule has 30 heteroatoms. The number of ether oxygens (including phenoxy) is 3. The lowest BCUT2D eigenvalue weighted by atomic mass is 9.81. The number of hydrogen-bond acceptors (Lipinski definition) is 18. The number of fused-ring (bicyclic) bond motifs is 5. The van der Waals surface area contributed by atoms with E-state index in [1.165, 1.54) is 44.2 Å². The minimum atomic E-state index is -5.87. The van der Waals surface area contributed by atoms with E-state index in [2.05, 4.69) is 60.3 Å². The molecule has 6 atom stereocenters. The third-order valence-corrected chi connectivity index (χ3v) is 18.9. The molecular weight excluding hydrogens is 1110 g/mol. The molecule has 426 valence electrons. The van der Waals surface area contributed by atoms with Crippen molar-refractivity contribution < 1.29 is 80.1 Å². The molecule has 6 aliphatic rings. The summed E-state index contributed by atoms with van der Waals surface area (Å²) in [7, 11) is -15.5. The zero-order chi connectivity index (χ0) is 56.3. The summed E-state index contributed by atoms with van der Waals surface area (Å²) < 4.78 is 69.9. The Morgan fingerprint density at radius 2 is 1.61 bits per heavy atom. The van der Waals surface area contributed by atoms with Crippen molar-refractivity contribution in [1.82, 2.24) is 39.6 Å². The molecule has 8 heterocycles. The zero-order valence-electron chi connectivity index (χ0n) is 43.3. The van der Waals surface area contributed by atoms with Gasteiger partial charge in [-0.1, -0.05) is 18.2 Å². The van der Waals surface area contributed by atoms with Crippen LogP contribution in [0, 0.1) is 0 Å². The molecule has 2 unspecified atom stereocenters. The van der Waals surface area contributed by atoms with Gasteiger partial charge in [0.1, 0.15) is 48.6 Å². The van der Waals surface area contributed by atoms with Crippen molar-refractivity contribution >= 4 is 69.6 Å². The number of nitrogens with zero attached hydrogens (tertiary/aromatic N) is 7.